The van der Waals surface area contributed by atoms with Crippen molar-refractivity contribution in [2.75, 3.05) is 4.90 Å². The number of hydrogen-bond acceptors (Lipinski definition) is 4. The summed E-state index contributed by atoms with van der Waals surface area (Å²) < 4.78 is 19.1. The first kappa shape index (κ1) is 23.6. The molecule has 10 rings (SSSR count). The smallest absolute Gasteiger partial charge is 0.143 e. The van der Waals surface area contributed by atoms with Crippen LogP contribution in [0.3, 0.4) is 0 Å². The molecule has 0 fully saturated rings. The molecule has 0 saturated carbocycles. The minimum atomic E-state index is 0.847. The second kappa shape index (κ2) is 8.76. The van der Waals surface area contributed by atoms with Crippen molar-refractivity contribution in [1.29, 1.82) is 0 Å². The third-order valence-electron chi connectivity index (χ3n) is 8.84. The fraction of sp³-hybridized carbons (Fsp3) is 0. The van der Waals surface area contributed by atoms with Gasteiger partial charge in [0.25, 0.3) is 0 Å². The summed E-state index contributed by atoms with van der Waals surface area (Å²) >= 11 is 0. The van der Waals surface area contributed by atoms with Crippen LogP contribution in [0.5, 0.6) is 0 Å². The third-order valence-corrected chi connectivity index (χ3v) is 8.84. The highest BCUT2D eigenvalue weighted by Crippen LogP contribution is 2.43. The second-order valence-corrected chi connectivity index (χ2v) is 11.3. The predicted molar refractivity (Wildman–Crippen MR) is 180 cm³/mol. The Hall–Kier alpha value is -6.00. The van der Waals surface area contributed by atoms with Gasteiger partial charge in [0.05, 0.1) is 0 Å². The minimum Gasteiger partial charge on any atom is -0.456 e. The molecule has 0 amide bonds. The van der Waals surface area contributed by atoms with Gasteiger partial charge in [-0.25, -0.2) is 0 Å². The molecule has 0 N–H and O–H groups in total. The van der Waals surface area contributed by atoms with E-state index >= 15 is 0 Å². The monoisotopic (exact) mass is 565 g/mol. The van der Waals surface area contributed by atoms with Crippen molar-refractivity contribution < 1.29 is 13.3 Å². The Balaban J connectivity index is 1.22. The Labute approximate surface area is 250 Å². The van der Waals surface area contributed by atoms with E-state index in [1.54, 1.807) is 0 Å². The van der Waals surface area contributed by atoms with Gasteiger partial charge in [0.15, 0.2) is 0 Å². The average molecular weight is 566 g/mol. The van der Waals surface area contributed by atoms with Crippen LogP contribution in [-0.2, 0) is 0 Å². The quantitative estimate of drug-likeness (QED) is 0.214. The molecule has 3 aromatic heterocycles. The highest BCUT2D eigenvalue weighted by atomic mass is 16.3. The number of nitrogens with zero attached hydrogens (tertiary/aromatic N) is 1. The van der Waals surface area contributed by atoms with Gasteiger partial charge in [-0.05, 0) is 66.0 Å². The maximum atomic E-state index is 6.45. The molecule has 7 aromatic carbocycles. The molecule has 4 heteroatoms. The summed E-state index contributed by atoms with van der Waals surface area (Å²) in [6.45, 7) is 0. The SMILES string of the molecule is c1ccc2c(c1)ccc1c3cc(N(c4ccc5c(c4)oc4ccccc45)c4ccc5c(c4)oc4ccccc45)ccc3oc21. The Morgan fingerprint density at radius 1 is 0.318 bits per heavy atom. The summed E-state index contributed by atoms with van der Waals surface area (Å²) in [4.78, 5) is 2.26. The van der Waals surface area contributed by atoms with Crippen molar-refractivity contribution in [1.82, 2.24) is 0 Å². The van der Waals surface area contributed by atoms with Crippen LogP contribution in [0.4, 0.5) is 17.1 Å². The van der Waals surface area contributed by atoms with E-state index in [1.165, 1.54) is 5.39 Å². The van der Waals surface area contributed by atoms with Crippen molar-refractivity contribution >= 4 is 93.7 Å². The standard InChI is InChI=1S/C40H23NO3/c1-2-8-28-24(7-1)13-17-33-34-21-25(16-20-37(34)44-40(28)33)41(26-14-18-31-29-9-3-5-11-35(29)42-38(31)22-26)27-15-19-32-30-10-4-6-12-36(30)43-39(32)23-27/h1-23H. The lowest BCUT2D eigenvalue weighted by molar-refractivity contribution is 0.669. The largest absolute Gasteiger partial charge is 0.456 e. The van der Waals surface area contributed by atoms with Gasteiger partial charge in [-0.1, -0.05) is 66.7 Å². The molecule has 10 aromatic rings. The first-order valence-corrected chi connectivity index (χ1v) is 14.8. The third kappa shape index (κ3) is 3.33. The maximum Gasteiger partial charge on any atom is 0.143 e. The van der Waals surface area contributed by atoms with Crippen LogP contribution in [0.2, 0.25) is 0 Å². The van der Waals surface area contributed by atoms with Gasteiger partial charge in [0.2, 0.25) is 0 Å². The van der Waals surface area contributed by atoms with E-state index in [1.807, 2.05) is 36.4 Å². The van der Waals surface area contributed by atoms with Crippen LogP contribution in [0.1, 0.15) is 0 Å². The fourth-order valence-electron chi connectivity index (χ4n) is 6.79. The molecule has 0 aliphatic heterocycles. The molecule has 206 valence electrons. The molecule has 0 atom stereocenters. The lowest BCUT2D eigenvalue weighted by Gasteiger charge is -2.25. The molecule has 0 bridgehead atoms. The maximum absolute atomic E-state index is 6.45. The van der Waals surface area contributed by atoms with Crippen LogP contribution in [0.15, 0.2) is 153 Å². The Bertz CT molecular complexity index is 2630. The zero-order chi connectivity index (χ0) is 28.8. The van der Waals surface area contributed by atoms with Crippen molar-refractivity contribution in [3.8, 4) is 0 Å². The van der Waals surface area contributed by atoms with Gasteiger partial charge >= 0.3 is 0 Å². The number of fused-ring (bicyclic) bond motifs is 11. The van der Waals surface area contributed by atoms with Crippen molar-refractivity contribution in [2.24, 2.45) is 0 Å². The van der Waals surface area contributed by atoms with E-state index in [0.717, 1.165) is 88.3 Å². The van der Waals surface area contributed by atoms with E-state index in [0.29, 0.717) is 0 Å². The lowest BCUT2D eigenvalue weighted by Crippen LogP contribution is -2.09. The lowest BCUT2D eigenvalue weighted by atomic mass is 10.1. The molecule has 44 heavy (non-hydrogen) atoms. The van der Waals surface area contributed by atoms with Gasteiger partial charge in [-0.15, -0.1) is 0 Å². The molecular formula is C40H23NO3. The van der Waals surface area contributed by atoms with Crippen molar-refractivity contribution in [3.63, 3.8) is 0 Å². The van der Waals surface area contributed by atoms with E-state index < -0.39 is 0 Å². The zero-order valence-electron chi connectivity index (χ0n) is 23.5. The number of hydrogen-bond donors (Lipinski definition) is 0. The summed E-state index contributed by atoms with van der Waals surface area (Å²) in [6.07, 6.45) is 0. The normalized spacial score (nSPS) is 12.1. The van der Waals surface area contributed by atoms with Crippen molar-refractivity contribution in [3.05, 3.63) is 140 Å². The fourth-order valence-corrected chi connectivity index (χ4v) is 6.79. The summed E-state index contributed by atoms with van der Waals surface area (Å²) in [5.41, 5.74) is 8.23. The van der Waals surface area contributed by atoms with Gasteiger partial charge < -0.3 is 18.2 Å². The highest BCUT2D eigenvalue weighted by Gasteiger charge is 2.19. The van der Waals surface area contributed by atoms with Gasteiger partial charge in [0.1, 0.15) is 33.5 Å². The topological polar surface area (TPSA) is 42.7 Å². The molecule has 0 unspecified atom stereocenters. The molecule has 0 aliphatic carbocycles. The molecule has 0 radical (unpaired) electrons. The van der Waals surface area contributed by atoms with Gasteiger partial charge in [-0.2, -0.15) is 0 Å². The number of benzene rings is 7. The molecule has 3 heterocycles. The number of furan rings is 3. The van der Waals surface area contributed by atoms with E-state index in [2.05, 4.69) is 108 Å². The summed E-state index contributed by atoms with van der Waals surface area (Å²) in [5, 5.41) is 8.87. The number of para-hydroxylation sites is 2. The molecule has 0 aliphatic rings. The van der Waals surface area contributed by atoms with Crippen LogP contribution in [0.25, 0.3) is 76.6 Å². The summed E-state index contributed by atoms with van der Waals surface area (Å²) in [6, 6.07) is 48.4. The summed E-state index contributed by atoms with van der Waals surface area (Å²) in [5.74, 6) is 0. The Morgan fingerprint density at radius 2 is 0.818 bits per heavy atom. The zero-order valence-corrected chi connectivity index (χ0v) is 23.5. The highest BCUT2D eigenvalue weighted by molar-refractivity contribution is 6.16. The first-order valence-electron chi connectivity index (χ1n) is 14.8. The van der Waals surface area contributed by atoms with Crippen LogP contribution < -0.4 is 4.90 Å². The first-order chi connectivity index (χ1) is 21.8. The predicted octanol–water partition coefficient (Wildman–Crippen LogP) is 12.0. The van der Waals surface area contributed by atoms with Crippen LogP contribution >= 0.6 is 0 Å². The summed E-state index contributed by atoms with van der Waals surface area (Å²) in [7, 11) is 0. The minimum absolute atomic E-state index is 0.847. The van der Waals surface area contributed by atoms with Crippen LogP contribution in [-0.4, -0.2) is 0 Å². The molecular weight excluding hydrogens is 542 g/mol. The van der Waals surface area contributed by atoms with Crippen molar-refractivity contribution in [2.45, 2.75) is 0 Å². The average Bonchev–Trinajstić information content (AvgIpc) is 3.75. The molecule has 0 saturated heterocycles. The Kier molecular flexibility index (Phi) is 4.69. The number of rotatable bonds is 3. The number of anilines is 3. The second-order valence-electron chi connectivity index (χ2n) is 11.3. The van der Waals surface area contributed by atoms with E-state index in [4.69, 9.17) is 13.3 Å². The van der Waals surface area contributed by atoms with Gasteiger partial charge in [-0.3, -0.25) is 0 Å². The van der Waals surface area contributed by atoms with Crippen LogP contribution in [0, 0.1) is 0 Å². The van der Waals surface area contributed by atoms with E-state index in [-0.39, 0.29) is 0 Å². The molecule has 4 nitrogen and oxygen atoms in total. The van der Waals surface area contributed by atoms with Gasteiger partial charge in [0, 0.05) is 66.9 Å². The Morgan fingerprint density at radius 3 is 1.50 bits per heavy atom. The molecule has 0 spiro atoms. The van der Waals surface area contributed by atoms with E-state index in [9.17, 15) is 0 Å².